The molecule has 0 spiro atoms. The average Bonchev–Trinajstić information content (AvgIpc) is 2.80. The van der Waals surface area contributed by atoms with E-state index in [0.29, 0.717) is 11.3 Å². The molecule has 2 rings (SSSR count). The molecule has 1 amide bonds. The number of hydrogen-bond donors (Lipinski definition) is 0. The van der Waals surface area contributed by atoms with E-state index in [1.807, 2.05) is 0 Å². The summed E-state index contributed by atoms with van der Waals surface area (Å²) in [6.45, 7) is 0. The van der Waals surface area contributed by atoms with Crippen LogP contribution < -0.4 is 0 Å². The molecule has 0 N–H and O–H groups in total. The Balaban J connectivity index is 2.11. The van der Waals surface area contributed by atoms with Crippen molar-refractivity contribution in [3.63, 3.8) is 0 Å². The standard InChI is InChI=1S/C11H8N2O2/c14-11(9-3-1-5-12-7-9)13-8-10-4-2-6-15-10/h1-8H. The Hall–Kier alpha value is -2.23. The molecule has 2 aromatic rings. The molecular weight excluding hydrogens is 192 g/mol. The molecule has 0 aliphatic heterocycles. The molecule has 2 aromatic heterocycles. The van der Waals surface area contributed by atoms with Crippen molar-refractivity contribution in [2.75, 3.05) is 0 Å². The van der Waals surface area contributed by atoms with Gasteiger partial charge in [0.25, 0.3) is 5.91 Å². The monoisotopic (exact) mass is 200 g/mol. The molecule has 15 heavy (non-hydrogen) atoms. The van der Waals surface area contributed by atoms with Crippen LogP contribution in [0.4, 0.5) is 0 Å². The molecule has 0 bridgehead atoms. The molecule has 0 aliphatic rings. The zero-order chi connectivity index (χ0) is 10.5. The molecule has 2 heterocycles. The first-order valence-electron chi connectivity index (χ1n) is 4.38. The largest absolute Gasteiger partial charge is 0.463 e. The van der Waals surface area contributed by atoms with Gasteiger partial charge >= 0.3 is 0 Å². The van der Waals surface area contributed by atoms with Crippen LogP contribution in [-0.4, -0.2) is 17.1 Å². The summed E-state index contributed by atoms with van der Waals surface area (Å²) in [6, 6.07) is 6.81. The van der Waals surface area contributed by atoms with E-state index in [9.17, 15) is 4.79 Å². The SMILES string of the molecule is O=C(N=Cc1ccco1)c1cccnc1. The topological polar surface area (TPSA) is 55.5 Å². The molecule has 0 radical (unpaired) electrons. The van der Waals surface area contributed by atoms with E-state index in [1.54, 1.807) is 30.5 Å². The van der Waals surface area contributed by atoms with Crippen LogP contribution >= 0.6 is 0 Å². The quantitative estimate of drug-likeness (QED) is 0.696. The number of furan rings is 1. The Labute approximate surface area is 86.3 Å². The number of carbonyl (C=O) groups is 1. The molecule has 0 unspecified atom stereocenters. The van der Waals surface area contributed by atoms with Crippen LogP contribution in [0.25, 0.3) is 0 Å². The number of nitrogens with zero attached hydrogens (tertiary/aromatic N) is 2. The first kappa shape index (κ1) is 9.33. The van der Waals surface area contributed by atoms with Gasteiger partial charge in [-0.3, -0.25) is 9.78 Å². The molecule has 0 fully saturated rings. The van der Waals surface area contributed by atoms with E-state index < -0.39 is 0 Å². The third-order valence-corrected chi connectivity index (χ3v) is 1.76. The molecule has 0 atom stereocenters. The predicted molar refractivity (Wildman–Crippen MR) is 54.9 cm³/mol. The third-order valence-electron chi connectivity index (χ3n) is 1.76. The molecular formula is C11H8N2O2. The number of aliphatic imine (C=N–C) groups is 1. The van der Waals surface area contributed by atoms with Crippen LogP contribution in [0, 0.1) is 0 Å². The summed E-state index contributed by atoms with van der Waals surface area (Å²) in [5, 5.41) is 0. The highest BCUT2D eigenvalue weighted by Crippen LogP contribution is 2.00. The van der Waals surface area contributed by atoms with Gasteiger partial charge in [0, 0.05) is 12.4 Å². The van der Waals surface area contributed by atoms with E-state index in [-0.39, 0.29) is 5.91 Å². The van der Waals surface area contributed by atoms with E-state index in [1.165, 1.54) is 18.7 Å². The lowest BCUT2D eigenvalue weighted by atomic mass is 10.3. The van der Waals surface area contributed by atoms with Gasteiger partial charge in [-0.25, -0.2) is 4.99 Å². The van der Waals surface area contributed by atoms with Crippen LogP contribution in [0.3, 0.4) is 0 Å². The first-order valence-corrected chi connectivity index (χ1v) is 4.38. The van der Waals surface area contributed by atoms with Crippen molar-refractivity contribution >= 4 is 12.1 Å². The van der Waals surface area contributed by atoms with E-state index in [2.05, 4.69) is 9.98 Å². The van der Waals surface area contributed by atoms with Crippen molar-refractivity contribution in [3.8, 4) is 0 Å². The minimum absolute atomic E-state index is 0.334. The fourth-order valence-electron chi connectivity index (χ4n) is 1.05. The zero-order valence-electron chi connectivity index (χ0n) is 7.83. The molecule has 4 nitrogen and oxygen atoms in total. The Kier molecular flexibility index (Phi) is 2.69. The average molecular weight is 200 g/mol. The molecule has 0 aliphatic carbocycles. The lowest BCUT2D eigenvalue weighted by molar-refractivity contribution is 0.100. The van der Waals surface area contributed by atoms with Crippen LogP contribution in [0.2, 0.25) is 0 Å². The minimum Gasteiger partial charge on any atom is -0.463 e. The summed E-state index contributed by atoms with van der Waals surface area (Å²) in [5.74, 6) is 0.215. The number of rotatable bonds is 2. The second-order valence-corrected chi connectivity index (χ2v) is 2.82. The first-order chi connectivity index (χ1) is 7.36. The van der Waals surface area contributed by atoms with Gasteiger partial charge in [0.2, 0.25) is 0 Å². The summed E-state index contributed by atoms with van der Waals surface area (Å²) in [4.78, 5) is 19.0. The lowest BCUT2D eigenvalue weighted by Crippen LogP contribution is -1.95. The van der Waals surface area contributed by atoms with Crippen molar-refractivity contribution in [1.82, 2.24) is 4.98 Å². The molecule has 0 saturated heterocycles. The van der Waals surface area contributed by atoms with Crippen molar-refractivity contribution in [1.29, 1.82) is 0 Å². The fourth-order valence-corrected chi connectivity index (χ4v) is 1.05. The lowest BCUT2D eigenvalue weighted by Gasteiger charge is -1.91. The highest BCUT2D eigenvalue weighted by atomic mass is 16.3. The minimum atomic E-state index is -0.334. The van der Waals surface area contributed by atoms with Crippen molar-refractivity contribution in [3.05, 3.63) is 54.2 Å². The molecule has 4 heteroatoms. The summed E-state index contributed by atoms with van der Waals surface area (Å²) in [5.41, 5.74) is 0.459. The second-order valence-electron chi connectivity index (χ2n) is 2.82. The Morgan fingerprint density at radius 1 is 1.40 bits per heavy atom. The maximum atomic E-state index is 11.5. The Morgan fingerprint density at radius 3 is 3.00 bits per heavy atom. The maximum Gasteiger partial charge on any atom is 0.278 e. The maximum absolute atomic E-state index is 11.5. The third kappa shape index (κ3) is 2.37. The van der Waals surface area contributed by atoms with Crippen molar-refractivity contribution < 1.29 is 9.21 Å². The highest BCUT2D eigenvalue weighted by molar-refractivity contribution is 6.00. The van der Waals surface area contributed by atoms with Crippen LogP contribution in [0.5, 0.6) is 0 Å². The number of pyridine rings is 1. The number of hydrogen-bond acceptors (Lipinski definition) is 3. The molecule has 74 valence electrons. The van der Waals surface area contributed by atoms with Crippen molar-refractivity contribution in [2.45, 2.75) is 0 Å². The number of carbonyl (C=O) groups excluding carboxylic acids is 1. The van der Waals surface area contributed by atoms with Gasteiger partial charge in [0.05, 0.1) is 18.0 Å². The molecule has 0 saturated carbocycles. The van der Waals surface area contributed by atoms with Gasteiger partial charge in [-0.15, -0.1) is 0 Å². The van der Waals surface area contributed by atoms with E-state index in [4.69, 9.17) is 4.42 Å². The summed E-state index contributed by atoms with van der Waals surface area (Å²) >= 11 is 0. The van der Waals surface area contributed by atoms with Crippen LogP contribution in [0.1, 0.15) is 16.1 Å². The van der Waals surface area contributed by atoms with E-state index >= 15 is 0 Å². The van der Waals surface area contributed by atoms with Crippen molar-refractivity contribution in [2.24, 2.45) is 4.99 Å². The van der Waals surface area contributed by atoms with Gasteiger partial charge in [-0.1, -0.05) is 0 Å². The van der Waals surface area contributed by atoms with Gasteiger partial charge < -0.3 is 4.42 Å². The summed E-state index contributed by atoms with van der Waals surface area (Å²) in [6.07, 6.45) is 5.99. The zero-order valence-corrected chi connectivity index (χ0v) is 7.83. The number of amides is 1. The van der Waals surface area contributed by atoms with Gasteiger partial charge in [0.1, 0.15) is 5.76 Å². The van der Waals surface area contributed by atoms with Crippen LogP contribution in [0.15, 0.2) is 52.3 Å². The van der Waals surface area contributed by atoms with E-state index in [0.717, 1.165) is 0 Å². The Bertz CT molecular complexity index is 461. The number of aromatic nitrogens is 1. The fraction of sp³-hybridized carbons (Fsp3) is 0. The van der Waals surface area contributed by atoms with Gasteiger partial charge in [0.15, 0.2) is 0 Å². The second kappa shape index (κ2) is 4.32. The van der Waals surface area contributed by atoms with Gasteiger partial charge in [-0.05, 0) is 24.3 Å². The summed E-state index contributed by atoms with van der Waals surface area (Å²) < 4.78 is 5.00. The van der Waals surface area contributed by atoms with Crippen LogP contribution in [-0.2, 0) is 0 Å². The highest BCUT2D eigenvalue weighted by Gasteiger charge is 2.01. The normalized spacial score (nSPS) is 10.7. The molecule has 0 aromatic carbocycles. The summed E-state index contributed by atoms with van der Waals surface area (Å²) in [7, 11) is 0. The van der Waals surface area contributed by atoms with Gasteiger partial charge in [-0.2, -0.15) is 0 Å². The smallest absolute Gasteiger partial charge is 0.278 e. The predicted octanol–water partition coefficient (Wildman–Crippen LogP) is 1.93. The Morgan fingerprint density at radius 2 is 2.33 bits per heavy atom.